The molecule has 2 heterocycles. The summed E-state index contributed by atoms with van der Waals surface area (Å²) in [5.41, 5.74) is 2.16. The summed E-state index contributed by atoms with van der Waals surface area (Å²) in [6, 6.07) is 8.40. The second-order valence-electron chi connectivity index (χ2n) is 5.14. The molecule has 0 bridgehead atoms. The number of ether oxygens (including phenoxy) is 2. The molecule has 1 N–H and O–H groups in total. The molecule has 1 aliphatic rings. The zero-order valence-electron chi connectivity index (χ0n) is 11.8. The van der Waals surface area contributed by atoms with E-state index in [0.717, 1.165) is 35.8 Å². The van der Waals surface area contributed by atoms with E-state index in [1.807, 2.05) is 35.1 Å². The lowest BCUT2D eigenvalue weighted by atomic mass is 10.2. The Morgan fingerprint density at radius 3 is 2.95 bits per heavy atom. The average molecular weight is 273 g/mol. The second kappa shape index (κ2) is 5.54. The molecule has 0 unspecified atom stereocenters. The minimum atomic E-state index is 0.311. The van der Waals surface area contributed by atoms with Gasteiger partial charge in [0.05, 0.1) is 5.69 Å². The first-order chi connectivity index (χ1) is 9.74. The van der Waals surface area contributed by atoms with Crippen molar-refractivity contribution in [2.24, 2.45) is 0 Å². The SMILES string of the molecule is CC(C)n1ccc(CNCc2cccc3c2OCO3)n1. The van der Waals surface area contributed by atoms with E-state index in [9.17, 15) is 0 Å². The highest BCUT2D eigenvalue weighted by molar-refractivity contribution is 5.48. The van der Waals surface area contributed by atoms with E-state index in [0.29, 0.717) is 12.8 Å². The van der Waals surface area contributed by atoms with Crippen molar-refractivity contribution in [3.8, 4) is 11.5 Å². The minimum absolute atomic E-state index is 0.311. The van der Waals surface area contributed by atoms with Gasteiger partial charge < -0.3 is 14.8 Å². The fraction of sp³-hybridized carbons (Fsp3) is 0.400. The Kier molecular flexibility index (Phi) is 3.60. The first-order valence-electron chi connectivity index (χ1n) is 6.86. The lowest BCUT2D eigenvalue weighted by Gasteiger charge is -2.07. The van der Waals surface area contributed by atoms with Crippen LogP contribution in [0.1, 0.15) is 31.1 Å². The molecule has 1 aromatic carbocycles. The molecular weight excluding hydrogens is 254 g/mol. The predicted molar refractivity (Wildman–Crippen MR) is 75.7 cm³/mol. The number of hydrogen-bond donors (Lipinski definition) is 1. The van der Waals surface area contributed by atoms with Crippen LogP contribution in [0.2, 0.25) is 0 Å². The van der Waals surface area contributed by atoms with Crippen LogP contribution in [0.4, 0.5) is 0 Å². The smallest absolute Gasteiger partial charge is 0.231 e. The minimum Gasteiger partial charge on any atom is -0.454 e. The van der Waals surface area contributed by atoms with Gasteiger partial charge in [-0.05, 0) is 26.0 Å². The molecule has 0 fully saturated rings. The van der Waals surface area contributed by atoms with E-state index in [1.54, 1.807) is 0 Å². The Hall–Kier alpha value is -2.01. The number of hydrogen-bond acceptors (Lipinski definition) is 4. The van der Waals surface area contributed by atoms with Crippen molar-refractivity contribution >= 4 is 0 Å². The van der Waals surface area contributed by atoms with Gasteiger partial charge in [-0.25, -0.2) is 0 Å². The number of benzene rings is 1. The molecule has 3 rings (SSSR count). The van der Waals surface area contributed by atoms with Crippen molar-refractivity contribution < 1.29 is 9.47 Å². The molecule has 0 aliphatic carbocycles. The number of rotatable bonds is 5. The summed E-state index contributed by atoms with van der Waals surface area (Å²) >= 11 is 0. The number of para-hydroxylation sites is 1. The van der Waals surface area contributed by atoms with E-state index >= 15 is 0 Å². The Labute approximate surface area is 118 Å². The molecule has 1 aromatic heterocycles. The second-order valence-corrected chi connectivity index (χ2v) is 5.14. The lowest BCUT2D eigenvalue weighted by molar-refractivity contribution is 0.173. The third-order valence-electron chi connectivity index (χ3n) is 3.29. The topological polar surface area (TPSA) is 48.3 Å². The average Bonchev–Trinajstić information content (AvgIpc) is 3.07. The molecular formula is C15H19N3O2. The summed E-state index contributed by atoms with van der Waals surface area (Å²) in [6.45, 7) is 6.03. The Morgan fingerprint density at radius 1 is 1.25 bits per heavy atom. The van der Waals surface area contributed by atoms with Crippen LogP contribution in [0.3, 0.4) is 0 Å². The quantitative estimate of drug-likeness (QED) is 0.909. The maximum absolute atomic E-state index is 5.49. The Bertz CT molecular complexity index is 593. The molecule has 1 aliphatic heterocycles. The van der Waals surface area contributed by atoms with Crippen LogP contribution in [-0.2, 0) is 13.1 Å². The highest BCUT2D eigenvalue weighted by Crippen LogP contribution is 2.35. The molecule has 2 aromatic rings. The van der Waals surface area contributed by atoms with Crippen LogP contribution in [0.25, 0.3) is 0 Å². The van der Waals surface area contributed by atoms with Gasteiger partial charge in [-0.3, -0.25) is 4.68 Å². The number of nitrogens with one attached hydrogen (secondary N) is 1. The van der Waals surface area contributed by atoms with Crippen LogP contribution in [-0.4, -0.2) is 16.6 Å². The van der Waals surface area contributed by atoms with Gasteiger partial charge in [0.15, 0.2) is 11.5 Å². The van der Waals surface area contributed by atoms with Gasteiger partial charge in [-0.1, -0.05) is 12.1 Å². The molecule has 0 amide bonds. The highest BCUT2D eigenvalue weighted by Gasteiger charge is 2.16. The number of aromatic nitrogens is 2. The normalized spacial score (nSPS) is 13.2. The van der Waals surface area contributed by atoms with Crippen molar-refractivity contribution in [3.63, 3.8) is 0 Å². The molecule has 0 saturated heterocycles. The van der Waals surface area contributed by atoms with E-state index in [4.69, 9.17) is 9.47 Å². The number of nitrogens with zero attached hydrogens (tertiary/aromatic N) is 2. The summed E-state index contributed by atoms with van der Waals surface area (Å²) in [5.74, 6) is 1.68. The molecule has 0 radical (unpaired) electrons. The molecule has 0 saturated carbocycles. The van der Waals surface area contributed by atoms with Crippen LogP contribution in [0.15, 0.2) is 30.5 Å². The summed E-state index contributed by atoms with van der Waals surface area (Å²) in [5, 5.41) is 7.90. The Balaban J connectivity index is 1.59. The summed E-state index contributed by atoms with van der Waals surface area (Å²) in [7, 11) is 0. The van der Waals surface area contributed by atoms with E-state index in [1.165, 1.54) is 0 Å². The standard InChI is InChI=1S/C15H19N3O2/c1-11(2)18-7-6-13(17-18)9-16-8-12-4-3-5-14-15(12)20-10-19-14/h3-7,11,16H,8-10H2,1-2H3. The number of fused-ring (bicyclic) bond motifs is 1. The molecule has 0 atom stereocenters. The van der Waals surface area contributed by atoms with Gasteiger partial charge in [0.1, 0.15) is 0 Å². The van der Waals surface area contributed by atoms with Crippen LogP contribution in [0.5, 0.6) is 11.5 Å². The Morgan fingerprint density at radius 2 is 2.15 bits per heavy atom. The van der Waals surface area contributed by atoms with Gasteiger partial charge in [-0.2, -0.15) is 5.10 Å². The maximum Gasteiger partial charge on any atom is 0.231 e. The zero-order valence-corrected chi connectivity index (χ0v) is 11.8. The lowest BCUT2D eigenvalue weighted by Crippen LogP contribution is -2.14. The zero-order chi connectivity index (χ0) is 13.9. The van der Waals surface area contributed by atoms with Crippen molar-refractivity contribution in [1.82, 2.24) is 15.1 Å². The van der Waals surface area contributed by atoms with Crippen LogP contribution >= 0.6 is 0 Å². The molecule has 106 valence electrons. The van der Waals surface area contributed by atoms with Crippen LogP contribution in [0, 0.1) is 0 Å². The van der Waals surface area contributed by atoms with Crippen molar-refractivity contribution in [1.29, 1.82) is 0 Å². The van der Waals surface area contributed by atoms with E-state index < -0.39 is 0 Å². The largest absolute Gasteiger partial charge is 0.454 e. The van der Waals surface area contributed by atoms with Gasteiger partial charge in [0, 0.05) is 30.9 Å². The highest BCUT2D eigenvalue weighted by atomic mass is 16.7. The fourth-order valence-electron chi connectivity index (χ4n) is 2.21. The first-order valence-corrected chi connectivity index (χ1v) is 6.86. The summed E-state index contributed by atoms with van der Waals surface area (Å²) < 4.78 is 12.8. The summed E-state index contributed by atoms with van der Waals surface area (Å²) in [4.78, 5) is 0. The molecule has 5 nitrogen and oxygen atoms in total. The third-order valence-corrected chi connectivity index (χ3v) is 3.29. The van der Waals surface area contributed by atoms with Gasteiger partial charge in [-0.15, -0.1) is 0 Å². The van der Waals surface area contributed by atoms with E-state index in [-0.39, 0.29) is 0 Å². The molecule has 5 heteroatoms. The summed E-state index contributed by atoms with van der Waals surface area (Å²) in [6.07, 6.45) is 2.01. The van der Waals surface area contributed by atoms with Crippen molar-refractivity contribution in [3.05, 3.63) is 41.7 Å². The maximum atomic E-state index is 5.49. The first kappa shape index (κ1) is 13.0. The molecule has 0 spiro atoms. The fourth-order valence-corrected chi connectivity index (χ4v) is 2.21. The molecule has 20 heavy (non-hydrogen) atoms. The van der Waals surface area contributed by atoms with Gasteiger partial charge >= 0.3 is 0 Å². The predicted octanol–water partition coefficient (Wildman–Crippen LogP) is 2.48. The van der Waals surface area contributed by atoms with Crippen molar-refractivity contribution in [2.75, 3.05) is 6.79 Å². The van der Waals surface area contributed by atoms with Crippen molar-refractivity contribution in [2.45, 2.75) is 33.0 Å². The van der Waals surface area contributed by atoms with Gasteiger partial charge in [0.2, 0.25) is 6.79 Å². The van der Waals surface area contributed by atoms with E-state index in [2.05, 4.69) is 24.3 Å². The van der Waals surface area contributed by atoms with Crippen LogP contribution < -0.4 is 14.8 Å². The third kappa shape index (κ3) is 2.63. The monoisotopic (exact) mass is 273 g/mol. The van der Waals surface area contributed by atoms with Gasteiger partial charge in [0.25, 0.3) is 0 Å².